The molecule has 0 spiro atoms. The molecule has 6 rings (SSSR count). The van der Waals surface area contributed by atoms with Crippen LogP contribution in [0.5, 0.6) is 5.75 Å². The number of likely N-dealkylation sites (N-methyl/N-ethyl adjacent to an activating group) is 1. The van der Waals surface area contributed by atoms with Crippen LogP contribution in [0.15, 0.2) is 65.1 Å². The molecule has 9 nitrogen and oxygen atoms in total. The van der Waals surface area contributed by atoms with Crippen molar-refractivity contribution >= 4 is 38.8 Å². The summed E-state index contributed by atoms with van der Waals surface area (Å²) in [6.45, 7) is 2.79. The minimum Gasteiger partial charge on any atom is -0.510 e. The minimum absolute atomic E-state index is 0.0860. The van der Waals surface area contributed by atoms with Crippen LogP contribution >= 0.6 is 11.3 Å². The number of fused-ring (bicyclic) bond motifs is 4. The van der Waals surface area contributed by atoms with Gasteiger partial charge in [-0.05, 0) is 67.7 Å². The van der Waals surface area contributed by atoms with Gasteiger partial charge in [-0.25, -0.2) is 0 Å². The molecule has 0 saturated heterocycles. The molecule has 0 saturated carbocycles. The number of carbonyl (C=O) groups excluding carboxylic acids is 3. The van der Waals surface area contributed by atoms with E-state index < -0.39 is 75.5 Å². The van der Waals surface area contributed by atoms with Crippen molar-refractivity contribution in [3.05, 3.63) is 76.3 Å². The maximum Gasteiger partial charge on any atom is 0.209 e. The van der Waals surface area contributed by atoms with Crippen LogP contribution in [-0.4, -0.2) is 79.6 Å². The lowest BCUT2D eigenvalue weighted by Crippen LogP contribution is -2.68. The number of benzene rings is 2. The fourth-order valence-corrected chi connectivity index (χ4v) is 8.24. The highest BCUT2D eigenvalue weighted by molar-refractivity contribution is 7.22. The van der Waals surface area contributed by atoms with Gasteiger partial charge in [0.2, 0.25) is 5.78 Å². The Morgan fingerprint density at radius 1 is 1.05 bits per heavy atom. The standard InChI is InChI=1S/C31H29NO8S/c1-12-19-15(18-11-14-7-5-6-8-17(14)41-18)9-10-16(34)22(19)26(35)23-20(12)27(36)24-25(32(3)4)28(37)21(13(2)33)29(38)31(24,40)30(23)39/h5-12,20,24-25,27,34,36-37,39-40H,1-4H3/t12-,20+,24+,25-,27-,31+/m0/s1. The summed E-state index contributed by atoms with van der Waals surface area (Å²) in [6, 6.07) is 11.6. The summed E-state index contributed by atoms with van der Waals surface area (Å²) < 4.78 is 1.03. The minimum atomic E-state index is -2.86. The van der Waals surface area contributed by atoms with Crippen LogP contribution in [0.4, 0.5) is 0 Å². The Morgan fingerprint density at radius 3 is 2.37 bits per heavy atom. The van der Waals surface area contributed by atoms with E-state index in [-0.39, 0.29) is 11.3 Å². The van der Waals surface area contributed by atoms with Crippen molar-refractivity contribution in [1.82, 2.24) is 4.90 Å². The number of ketones is 3. The van der Waals surface area contributed by atoms with Crippen LogP contribution in [0, 0.1) is 11.8 Å². The first kappa shape index (κ1) is 27.3. The normalized spacial score (nSPS) is 29.6. The van der Waals surface area contributed by atoms with Crippen molar-refractivity contribution in [3.63, 3.8) is 0 Å². The summed E-state index contributed by atoms with van der Waals surface area (Å²) in [5.41, 5.74) is -2.89. The van der Waals surface area contributed by atoms with Crippen LogP contribution in [-0.2, 0) is 9.59 Å². The van der Waals surface area contributed by atoms with Crippen molar-refractivity contribution in [2.75, 3.05) is 14.1 Å². The fourth-order valence-electron chi connectivity index (χ4n) is 7.14. The molecule has 2 aromatic carbocycles. The lowest BCUT2D eigenvalue weighted by molar-refractivity contribution is -0.162. The zero-order valence-electron chi connectivity index (χ0n) is 22.7. The number of nitrogens with zero attached hydrogens (tertiary/aromatic N) is 1. The van der Waals surface area contributed by atoms with Crippen molar-refractivity contribution < 1.29 is 39.9 Å². The number of rotatable bonds is 3. The number of hydrogen-bond acceptors (Lipinski definition) is 10. The van der Waals surface area contributed by atoms with Crippen molar-refractivity contribution in [1.29, 1.82) is 0 Å². The molecular weight excluding hydrogens is 546 g/mol. The third kappa shape index (κ3) is 3.48. The summed E-state index contributed by atoms with van der Waals surface area (Å²) in [6.07, 6.45) is -1.61. The maximum absolute atomic E-state index is 14.1. The topological polar surface area (TPSA) is 156 Å². The second kappa shape index (κ2) is 9.09. The fraction of sp³-hybridized carbons (Fsp3) is 0.323. The van der Waals surface area contributed by atoms with E-state index in [4.69, 9.17) is 0 Å². The number of hydrogen-bond donors (Lipinski definition) is 5. The Balaban J connectivity index is 1.62. The molecule has 0 aliphatic heterocycles. The lowest BCUT2D eigenvalue weighted by atomic mass is 9.55. The highest BCUT2D eigenvalue weighted by Crippen LogP contribution is 2.57. The summed E-state index contributed by atoms with van der Waals surface area (Å²) in [5.74, 6) is -8.17. The summed E-state index contributed by atoms with van der Waals surface area (Å²) in [7, 11) is 3.08. The van der Waals surface area contributed by atoms with E-state index in [9.17, 15) is 39.9 Å². The third-order valence-electron chi connectivity index (χ3n) is 8.91. The van der Waals surface area contributed by atoms with Gasteiger partial charge in [-0.2, -0.15) is 0 Å². The second-order valence-corrected chi connectivity index (χ2v) is 12.4. The Kier molecular flexibility index (Phi) is 6.06. The zero-order chi connectivity index (χ0) is 29.7. The first-order valence-corrected chi connectivity index (χ1v) is 14.0. The molecule has 3 aliphatic carbocycles. The van der Waals surface area contributed by atoms with E-state index in [0.717, 1.165) is 21.9 Å². The van der Waals surface area contributed by atoms with Gasteiger partial charge in [-0.3, -0.25) is 19.3 Å². The average molecular weight is 576 g/mol. The summed E-state index contributed by atoms with van der Waals surface area (Å²) in [5, 5.41) is 58.3. The quantitative estimate of drug-likeness (QED) is 0.294. The van der Waals surface area contributed by atoms with Gasteiger partial charge in [0.1, 0.15) is 22.8 Å². The van der Waals surface area contributed by atoms with E-state index in [1.165, 1.54) is 22.3 Å². The van der Waals surface area contributed by atoms with Crippen LogP contribution in [0.1, 0.15) is 35.7 Å². The number of phenolic OH excluding ortho intramolecular Hbond substituents is 1. The van der Waals surface area contributed by atoms with Crippen molar-refractivity contribution in [2.45, 2.75) is 37.5 Å². The molecule has 5 N–H and O–H groups in total. The number of phenols is 1. The molecular formula is C31H29NO8S. The average Bonchev–Trinajstić information content (AvgIpc) is 3.34. The molecule has 0 amide bonds. The van der Waals surface area contributed by atoms with Crippen molar-refractivity contribution in [2.24, 2.45) is 11.8 Å². The Bertz CT molecular complexity index is 1720. The van der Waals surface area contributed by atoms with Crippen molar-refractivity contribution in [3.8, 4) is 16.2 Å². The summed E-state index contributed by atoms with van der Waals surface area (Å²) in [4.78, 5) is 42.4. The SMILES string of the molecule is CC(=O)C1=C(O)[C@@H](N(C)C)[C@@H]2[C@@H](O)[C@H]3C(=C(O)[C@]2(O)C1=O)C(=O)c1c(O)ccc(-c2cc4ccccc4s2)c1[C@@H]3C. The first-order chi connectivity index (χ1) is 19.3. The predicted molar refractivity (Wildman–Crippen MR) is 152 cm³/mol. The predicted octanol–water partition coefficient (Wildman–Crippen LogP) is 3.64. The molecule has 3 aromatic rings. The number of Topliss-reactive ketones (excluding diaryl/α,β-unsaturated/α-hetero) is 3. The van der Waals surface area contributed by atoms with Crippen LogP contribution in [0.25, 0.3) is 20.5 Å². The van der Waals surface area contributed by atoms with Crippen LogP contribution < -0.4 is 0 Å². The smallest absolute Gasteiger partial charge is 0.209 e. The monoisotopic (exact) mass is 575 g/mol. The summed E-state index contributed by atoms with van der Waals surface area (Å²) >= 11 is 1.51. The number of carbonyl (C=O) groups is 3. The van der Waals surface area contributed by atoms with Gasteiger partial charge in [0.15, 0.2) is 17.2 Å². The second-order valence-electron chi connectivity index (χ2n) is 11.3. The van der Waals surface area contributed by atoms with Gasteiger partial charge in [-0.1, -0.05) is 25.1 Å². The van der Waals surface area contributed by atoms with Gasteiger partial charge >= 0.3 is 0 Å². The van der Waals surface area contributed by atoms with Gasteiger partial charge in [0.05, 0.1) is 23.6 Å². The molecule has 41 heavy (non-hydrogen) atoms. The molecule has 212 valence electrons. The van der Waals surface area contributed by atoms with E-state index in [1.807, 2.05) is 30.3 Å². The van der Waals surface area contributed by atoms with Gasteiger partial charge in [-0.15, -0.1) is 11.3 Å². The third-order valence-corrected chi connectivity index (χ3v) is 10.1. The molecule has 0 bridgehead atoms. The molecule has 1 heterocycles. The van der Waals surface area contributed by atoms with Gasteiger partial charge in [0, 0.05) is 21.1 Å². The number of aromatic hydroxyl groups is 1. The first-order valence-electron chi connectivity index (χ1n) is 13.2. The Hall–Kier alpha value is -3.83. The lowest BCUT2D eigenvalue weighted by Gasteiger charge is -2.53. The molecule has 10 heteroatoms. The van der Waals surface area contributed by atoms with E-state index in [0.29, 0.717) is 11.1 Å². The molecule has 6 atom stereocenters. The molecule has 0 radical (unpaired) electrons. The molecule has 0 fully saturated rings. The molecule has 1 aromatic heterocycles. The largest absolute Gasteiger partial charge is 0.510 e. The number of aliphatic hydroxyl groups excluding tert-OH is 3. The van der Waals surface area contributed by atoms with Crippen LogP contribution in [0.2, 0.25) is 0 Å². The highest BCUT2D eigenvalue weighted by Gasteiger charge is 2.67. The Labute approximate surface area is 239 Å². The van der Waals surface area contributed by atoms with E-state index in [2.05, 4.69) is 0 Å². The molecule has 0 unspecified atom stereocenters. The van der Waals surface area contributed by atoms with E-state index >= 15 is 0 Å². The Morgan fingerprint density at radius 2 is 1.73 bits per heavy atom. The highest BCUT2D eigenvalue weighted by atomic mass is 32.1. The molecule has 3 aliphatic rings. The zero-order valence-corrected chi connectivity index (χ0v) is 23.6. The van der Waals surface area contributed by atoms with Crippen LogP contribution in [0.3, 0.4) is 0 Å². The number of aliphatic hydroxyl groups is 4. The maximum atomic E-state index is 14.1. The number of thiophene rings is 1. The van der Waals surface area contributed by atoms with E-state index in [1.54, 1.807) is 27.1 Å². The van der Waals surface area contributed by atoms with Gasteiger partial charge < -0.3 is 25.5 Å². The van der Waals surface area contributed by atoms with Gasteiger partial charge in [0.25, 0.3) is 0 Å².